The van der Waals surface area contributed by atoms with E-state index < -0.39 is 26.8 Å². The fraction of sp³-hybridized carbons (Fsp3) is 0.474. The van der Waals surface area contributed by atoms with Crippen LogP contribution in [0.1, 0.15) is 73.0 Å². The summed E-state index contributed by atoms with van der Waals surface area (Å²) < 4.78 is 41.6. The van der Waals surface area contributed by atoms with E-state index >= 15 is 0 Å². The molecule has 2 aliphatic heterocycles. The largest absolute Gasteiger partial charge is 0.496 e. The number of halogens is 1. The number of fused-ring (bicyclic) bond motifs is 4. The molecule has 0 saturated heterocycles. The lowest BCUT2D eigenvalue weighted by Gasteiger charge is -2.49. The summed E-state index contributed by atoms with van der Waals surface area (Å²) in [5, 5.41) is 12.6. The number of sulfonamides is 1. The summed E-state index contributed by atoms with van der Waals surface area (Å²) in [6.07, 6.45) is 11.9. The molecule has 260 valence electrons. The van der Waals surface area contributed by atoms with E-state index in [2.05, 4.69) is 26.7 Å². The molecule has 4 aliphatic rings. The number of allylic oxidation sites excluding steroid dienone is 1. The smallest absolute Gasteiger partial charge is 0.264 e. The third-order valence-electron chi connectivity index (χ3n) is 11.6. The predicted molar refractivity (Wildman–Crippen MR) is 190 cm³/mol. The molecule has 0 unspecified atom stereocenters. The summed E-state index contributed by atoms with van der Waals surface area (Å²) in [4.78, 5) is 20.2. The van der Waals surface area contributed by atoms with Crippen LogP contribution in [-0.4, -0.2) is 56.5 Å². The van der Waals surface area contributed by atoms with Gasteiger partial charge in [-0.05, 0) is 105 Å². The number of aromatic nitrogens is 1. The van der Waals surface area contributed by atoms with Crippen molar-refractivity contribution in [3.63, 3.8) is 0 Å². The number of methoxy groups -OCH3 is 1. The molecule has 2 bridgehead atoms. The second kappa shape index (κ2) is 12.9. The van der Waals surface area contributed by atoms with E-state index in [-0.39, 0.29) is 28.7 Å². The zero-order valence-electron chi connectivity index (χ0n) is 28.2. The van der Waals surface area contributed by atoms with Crippen molar-refractivity contribution in [3.05, 3.63) is 94.3 Å². The molecule has 11 heteroatoms. The van der Waals surface area contributed by atoms with Crippen molar-refractivity contribution in [1.82, 2.24) is 9.71 Å². The van der Waals surface area contributed by atoms with Crippen molar-refractivity contribution in [2.45, 2.75) is 68.6 Å². The van der Waals surface area contributed by atoms with Gasteiger partial charge in [0.25, 0.3) is 5.91 Å². The number of hydrogen-bond donors (Lipinski definition) is 2. The number of anilines is 1. The maximum Gasteiger partial charge on any atom is 0.264 e. The Bertz CT molecular complexity index is 1900. The number of hydrogen-bond acceptors (Lipinski definition) is 8. The van der Waals surface area contributed by atoms with Gasteiger partial charge in [0.1, 0.15) is 17.1 Å². The van der Waals surface area contributed by atoms with Gasteiger partial charge in [-0.2, -0.15) is 0 Å². The van der Waals surface area contributed by atoms with Crippen LogP contribution in [0, 0.1) is 17.8 Å². The summed E-state index contributed by atoms with van der Waals surface area (Å²) in [7, 11) is -2.43. The maximum absolute atomic E-state index is 13.5. The van der Waals surface area contributed by atoms with Crippen LogP contribution in [0.3, 0.4) is 0 Å². The summed E-state index contributed by atoms with van der Waals surface area (Å²) in [6, 6.07) is 13.1. The molecule has 6 atom stereocenters. The fourth-order valence-electron chi connectivity index (χ4n) is 8.42. The normalized spacial score (nSPS) is 31.6. The van der Waals surface area contributed by atoms with Gasteiger partial charge < -0.3 is 19.5 Å². The number of ether oxygens (including phenoxy) is 2. The van der Waals surface area contributed by atoms with Gasteiger partial charge in [-0.15, -0.1) is 0 Å². The van der Waals surface area contributed by atoms with E-state index in [1.165, 1.54) is 11.1 Å². The molecule has 3 heterocycles. The van der Waals surface area contributed by atoms with E-state index in [1.807, 2.05) is 25.1 Å². The molecule has 1 saturated carbocycles. The molecule has 49 heavy (non-hydrogen) atoms. The lowest BCUT2D eigenvalue weighted by molar-refractivity contribution is -0.0515. The summed E-state index contributed by atoms with van der Waals surface area (Å²) in [5.41, 5.74) is 2.27. The second-order valence-electron chi connectivity index (χ2n) is 14.4. The van der Waals surface area contributed by atoms with Crippen LogP contribution in [-0.2, 0) is 27.5 Å². The molecule has 3 aromatic rings. The SMILES string of the molecule is COc1ccncc1[C@]1(O)/C=C/C[C@H](C)[C@@H](C)S(=O)(=O)NC(=O)c2ccc3c(c2)N(C[C@@H]2CC[C@H]21)C[C@@]1(CCCc2cc(Cl)ccc21)CO3. The number of rotatable bonds is 2. The zero-order valence-corrected chi connectivity index (χ0v) is 29.8. The minimum atomic E-state index is -4.02. The van der Waals surface area contributed by atoms with E-state index in [9.17, 15) is 18.3 Å². The highest BCUT2D eigenvalue weighted by molar-refractivity contribution is 7.90. The second-order valence-corrected chi connectivity index (χ2v) is 16.9. The summed E-state index contributed by atoms with van der Waals surface area (Å²) in [6.45, 7) is 5.12. The molecular weight excluding hydrogens is 662 g/mol. The Morgan fingerprint density at radius 1 is 1.12 bits per heavy atom. The van der Waals surface area contributed by atoms with Crippen molar-refractivity contribution in [2.75, 3.05) is 31.7 Å². The topological polar surface area (TPSA) is 118 Å². The Kier molecular flexibility index (Phi) is 8.94. The first-order valence-electron chi connectivity index (χ1n) is 17.2. The molecule has 0 radical (unpaired) electrons. The zero-order chi connectivity index (χ0) is 34.6. The molecule has 1 amide bonds. The highest BCUT2D eigenvalue weighted by atomic mass is 35.5. The molecule has 2 N–H and O–H groups in total. The monoisotopic (exact) mass is 705 g/mol. The number of carbonyl (C=O) groups is 1. The Morgan fingerprint density at radius 3 is 2.73 bits per heavy atom. The number of pyridine rings is 1. The van der Waals surface area contributed by atoms with Crippen LogP contribution in [0.15, 0.2) is 67.0 Å². The summed E-state index contributed by atoms with van der Waals surface area (Å²) in [5.74, 6) is 0.0910. The molecular formula is C38H44ClN3O6S. The third kappa shape index (κ3) is 6.10. The van der Waals surface area contributed by atoms with Gasteiger partial charge in [-0.25, -0.2) is 13.1 Å². The standard InChI is InChI=1S/C38H44ClN3O6S/c1-24-6-4-16-38(44,32-20-40-17-14-34(32)47-3)31-11-8-28(31)21-42-22-37(15-5-7-26-18-29(39)10-12-30(26)37)23-48-35-13-9-27(19-33(35)42)36(43)41-49(45,46)25(24)2/h4,9-10,12-14,16-20,24-25,28,31,44H,5-8,11,15,21-23H2,1-3H3,(H,41,43)/b16-4+/t24-,25+,28-,31+,37-,38-/m0/s1. The van der Waals surface area contributed by atoms with Gasteiger partial charge in [-0.3, -0.25) is 9.78 Å². The number of carbonyl (C=O) groups excluding carboxylic acids is 1. The average molecular weight is 706 g/mol. The van der Waals surface area contributed by atoms with Gasteiger partial charge in [0.15, 0.2) is 0 Å². The Hall–Kier alpha value is -3.60. The van der Waals surface area contributed by atoms with Gasteiger partial charge in [0.05, 0.1) is 24.7 Å². The predicted octanol–water partition coefficient (Wildman–Crippen LogP) is 6.17. The van der Waals surface area contributed by atoms with Gasteiger partial charge in [-0.1, -0.05) is 36.7 Å². The molecule has 2 aromatic carbocycles. The quantitative estimate of drug-likeness (QED) is 0.304. The Labute approximate surface area is 293 Å². The first-order chi connectivity index (χ1) is 23.4. The van der Waals surface area contributed by atoms with Crippen LogP contribution in [0.25, 0.3) is 0 Å². The van der Waals surface area contributed by atoms with Crippen molar-refractivity contribution < 1.29 is 27.8 Å². The molecule has 1 fully saturated rings. The molecule has 7 rings (SSSR count). The summed E-state index contributed by atoms with van der Waals surface area (Å²) >= 11 is 6.45. The molecule has 1 aromatic heterocycles. The minimum Gasteiger partial charge on any atom is -0.496 e. The van der Waals surface area contributed by atoms with Crippen LogP contribution in [0.2, 0.25) is 5.02 Å². The highest BCUT2D eigenvalue weighted by Crippen LogP contribution is 2.52. The lowest BCUT2D eigenvalue weighted by atomic mass is 9.62. The van der Waals surface area contributed by atoms with Crippen molar-refractivity contribution in [3.8, 4) is 11.5 Å². The van der Waals surface area contributed by atoms with Gasteiger partial charge >= 0.3 is 0 Å². The van der Waals surface area contributed by atoms with E-state index in [1.54, 1.807) is 50.7 Å². The van der Waals surface area contributed by atoms with Crippen LogP contribution in [0.4, 0.5) is 5.69 Å². The van der Waals surface area contributed by atoms with Crippen LogP contribution >= 0.6 is 11.6 Å². The number of aryl methyl sites for hydroxylation is 1. The average Bonchev–Trinajstić information content (AvgIpc) is 3.22. The van der Waals surface area contributed by atoms with Crippen molar-refractivity contribution >= 4 is 33.2 Å². The van der Waals surface area contributed by atoms with E-state index in [0.717, 1.165) is 37.8 Å². The number of nitrogens with one attached hydrogen (secondary N) is 1. The first kappa shape index (κ1) is 33.9. The van der Waals surface area contributed by atoms with Crippen molar-refractivity contribution in [1.29, 1.82) is 0 Å². The minimum absolute atomic E-state index is 0.0814. The Morgan fingerprint density at radius 2 is 1.96 bits per heavy atom. The first-order valence-corrected chi connectivity index (χ1v) is 19.1. The van der Waals surface area contributed by atoms with Gasteiger partial charge in [0.2, 0.25) is 10.0 Å². The van der Waals surface area contributed by atoms with E-state index in [0.29, 0.717) is 48.2 Å². The maximum atomic E-state index is 13.5. The van der Waals surface area contributed by atoms with E-state index in [4.69, 9.17) is 21.1 Å². The number of amides is 1. The van der Waals surface area contributed by atoms with Crippen LogP contribution < -0.4 is 19.1 Å². The number of benzene rings is 2. The Balaban J connectivity index is 1.36. The molecule has 9 nitrogen and oxygen atoms in total. The number of nitrogens with zero attached hydrogens (tertiary/aromatic N) is 2. The molecule has 2 aliphatic carbocycles. The molecule has 1 spiro atoms. The highest BCUT2D eigenvalue weighted by Gasteiger charge is 2.50. The van der Waals surface area contributed by atoms with Crippen molar-refractivity contribution in [2.24, 2.45) is 17.8 Å². The fourth-order valence-corrected chi connectivity index (χ4v) is 9.90. The van der Waals surface area contributed by atoms with Crippen LogP contribution in [0.5, 0.6) is 11.5 Å². The lowest BCUT2D eigenvalue weighted by Crippen LogP contribution is -2.51. The third-order valence-corrected chi connectivity index (χ3v) is 13.7. The number of aliphatic hydroxyl groups is 1. The van der Waals surface area contributed by atoms with Gasteiger partial charge in [0, 0.05) is 53.0 Å².